The first kappa shape index (κ1) is 14.2. The lowest BCUT2D eigenvalue weighted by Gasteiger charge is -2.31. The lowest BCUT2D eigenvalue weighted by Crippen LogP contribution is -2.41. The number of pyridine rings is 1. The van der Waals surface area contributed by atoms with Crippen molar-refractivity contribution < 1.29 is 9.53 Å². The molecule has 0 bridgehead atoms. The van der Waals surface area contributed by atoms with E-state index in [0.717, 1.165) is 36.8 Å². The number of aryl methyl sites for hydroxylation is 1. The van der Waals surface area contributed by atoms with Crippen LogP contribution in [-0.2, 0) is 4.74 Å². The van der Waals surface area contributed by atoms with Crippen LogP contribution in [0.15, 0.2) is 18.5 Å². The van der Waals surface area contributed by atoms with E-state index in [1.165, 1.54) is 12.8 Å². The van der Waals surface area contributed by atoms with Crippen LogP contribution in [0.2, 0.25) is 0 Å². The van der Waals surface area contributed by atoms with Crippen LogP contribution in [0.4, 0.5) is 0 Å². The summed E-state index contributed by atoms with van der Waals surface area (Å²) in [5.41, 5.74) is 1.10. The number of nitrogens with zero attached hydrogens (tertiary/aromatic N) is 1. The molecule has 1 aliphatic rings. The van der Waals surface area contributed by atoms with Gasteiger partial charge in [-0.2, -0.15) is 0 Å². The molecule has 104 valence electrons. The average Bonchev–Trinajstić information content (AvgIpc) is 2.66. The minimum Gasteiger partial charge on any atom is -0.367 e. The van der Waals surface area contributed by atoms with Gasteiger partial charge in [-0.25, -0.2) is 0 Å². The summed E-state index contributed by atoms with van der Waals surface area (Å²) in [7, 11) is 0. The Balaban J connectivity index is 2.32. The highest BCUT2D eigenvalue weighted by molar-refractivity contribution is 6.03. The van der Waals surface area contributed by atoms with Gasteiger partial charge in [0.05, 0.1) is 0 Å². The molecule has 2 rings (SSSR count). The van der Waals surface area contributed by atoms with Crippen LogP contribution in [0, 0.1) is 6.92 Å². The molecule has 1 heterocycles. The summed E-state index contributed by atoms with van der Waals surface area (Å²) >= 11 is 0. The molecule has 0 unspecified atom stereocenters. The van der Waals surface area contributed by atoms with Crippen molar-refractivity contribution in [3.63, 3.8) is 0 Å². The zero-order valence-electron chi connectivity index (χ0n) is 11.9. The summed E-state index contributed by atoms with van der Waals surface area (Å²) in [5, 5.41) is 0. The fourth-order valence-corrected chi connectivity index (χ4v) is 2.96. The summed E-state index contributed by atoms with van der Waals surface area (Å²) < 4.78 is 5.94. The number of hydrogen-bond acceptors (Lipinski definition) is 3. The van der Waals surface area contributed by atoms with E-state index in [1.807, 2.05) is 19.9 Å². The van der Waals surface area contributed by atoms with Crippen LogP contribution >= 0.6 is 0 Å². The molecule has 1 aromatic heterocycles. The van der Waals surface area contributed by atoms with Crippen molar-refractivity contribution in [1.29, 1.82) is 0 Å². The van der Waals surface area contributed by atoms with Gasteiger partial charge in [0.2, 0.25) is 0 Å². The topological polar surface area (TPSA) is 39.2 Å². The third-order valence-corrected chi connectivity index (χ3v) is 4.03. The number of carbonyl (C=O) groups is 1. The van der Waals surface area contributed by atoms with Gasteiger partial charge in [-0.3, -0.25) is 9.78 Å². The molecule has 1 saturated carbocycles. The maximum Gasteiger partial charge on any atom is 0.196 e. The Morgan fingerprint density at radius 2 is 2.00 bits per heavy atom. The standard InChI is InChI=1S/C16H23NO2/c1-3-19-16(9-6-4-5-7-10-16)15(18)14-12-17-11-8-13(14)2/h8,11-12H,3-7,9-10H2,1-2H3. The predicted octanol–water partition coefficient (Wildman–Crippen LogP) is 3.70. The first-order valence-electron chi connectivity index (χ1n) is 7.29. The summed E-state index contributed by atoms with van der Waals surface area (Å²) in [6.07, 6.45) is 9.65. The third kappa shape index (κ3) is 3.03. The molecule has 19 heavy (non-hydrogen) atoms. The lowest BCUT2D eigenvalue weighted by molar-refractivity contribution is -0.0293. The summed E-state index contributed by atoms with van der Waals surface area (Å²) in [6.45, 7) is 4.52. The number of Topliss-reactive ketones (excluding diaryl/α,β-unsaturated/α-hetero) is 1. The number of rotatable bonds is 4. The molecular weight excluding hydrogens is 238 g/mol. The fourth-order valence-electron chi connectivity index (χ4n) is 2.96. The van der Waals surface area contributed by atoms with Gasteiger partial charge in [0.1, 0.15) is 5.60 Å². The Bertz CT molecular complexity index is 434. The third-order valence-electron chi connectivity index (χ3n) is 4.03. The van der Waals surface area contributed by atoms with E-state index in [2.05, 4.69) is 4.98 Å². The maximum atomic E-state index is 12.9. The number of carbonyl (C=O) groups excluding carboxylic acids is 1. The van der Waals surface area contributed by atoms with Crippen molar-refractivity contribution in [2.45, 2.75) is 58.0 Å². The van der Waals surface area contributed by atoms with Gasteiger partial charge in [-0.1, -0.05) is 25.7 Å². The minimum absolute atomic E-state index is 0.127. The van der Waals surface area contributed by atoms with Gasteiger partial charge in [0.15, 0.2) is 5.78 Å². The molecule has 0 spiro atoms. The second-order valence-corrected chi connectivity index (χ2v) is 5.36. The summed E-state index contributed by atoms with van der Waals surface area (Å²) in [6, 6.07) is 1.89. The molecule has 0 radical (unpaired) electrons. The molecule has 0 amide bonds. The van der Waals surface area contributed by atoms with Crippen LogP contribution < -0.4 is 0 Å². The zero-order valence-corrected chi connectivity index (χ0v) is 11.9. The van der Waals surface area contributed by atoms with Crippen LogP contribution in [-0.4, -0.2) is 23.0 Å². The second-order valence-electron chi connectivity index (χ2n) is 5.36. The van der Waals surface area contributed by atoms with E-state index in [0.29, 0.717) is 6.61 Å². The van der Waals surface area contributed by atoms with E-state index >= 15 is 0 Å². The van der Waals surface area contributed by atoms with Crippen LogP contribution in [0.25, 0.3) is 0 Å². The smallest absolute Gasteiger partial charge is 0.196 e. The van der Waals surface area contributed by atoms with Crippen molar-refractivity contribution in [2.24, 2.45) is 0 Å². The molecule has 3 heteroatoms. The van der Waals surface area contributed by atoms with Crippen LogP contribution in [0.1, 0.15) is 61.4 Å². The van der Waals surface area contributed by atoms with Crippen molar-refractivity contribution in [3.05, 3.63) is 29.6 Å². The van der Waals surface area contributed by atoms with Crippen molar-refractivity contribution in [3.8, 4) is 0 Å². The van der Waals surface area contributed by atoms with Gasteiger partial charge in [-0.15, -0.1) is 0 Å². The molecule has 0 atom stereocenters. The van der Waals surface area contributed by atoms with Gasteiger partial charge in [0, 0.05) is 24.6 Å². The maximum absolute atomic E-state index is 12.9. The molecule has 0 saturated heterocycles. The molecule has 1 aromatic rings. The quantitative estimate of drug-likeness (QED) is 0.612. The second kappa shape index (κ2) is 6.29. The largest absolute Gasteiger partial charge is 0.367 e. The van der Waals surface area contributed by atoms with E-state index in [4.69, 9.17) is 4.74 Å². The molecule has 1 fully saturated rings. The first-order chi connectivity index (χ1) is 9.19. The van der Waals surface area contributed by atoms with Gasteiger partial charge < -0.3 is 4.74 Å². The lowest BCUT2D eigenvalue weighted by atomic mass is 9.85. The first-order valence-corrected chi connectivity index (χ1v) is 7.29. The van der Waals surface area contributed by atoms with Crippen LogP contribution in [0.5, 0.6) is 0 Å². The van der Waals surface area contributed by atoms with E-state index in [9.17, 15) is 4.79 Å². The molecule has 0 N–H and O–H groups in total. The molecule has 1 aliphatic carbocycles. The Labute approximate surface area is 115 Å². The number of hydrogen-bond donors (Lipinski definition) is 0. The SMILES string of the molecule is CCOC1(C(=O)c2cnccc2C)CCCCCC1. The highest BCUT2D eigenvalue weighted by Crippen LogP contribution is 2.34. The van der Waals surface area contributed by atoms with E-state index in [1.54, 1.807) is 12.4 Å². The Hall–Kier alpha value is -1.22. The minimum atomic E-state index is -0.612. The molecular formula is C16H23NO2. The zero-order chi connectivity index (χ0) is 13.7. The Kier molecular flexibility index (Phi) is 4.70. The van der Waals surface area contributed by atoms with E-state index in [-0.39, 0.29) is 5.78 Å². The van der Waals surface area contributed by atoms with Gasteiger partial charge >= 0.3 is 0 Å². The van der Waals surface area contributed by atoms with Crippen molar-refractivity contribution in [2.75, 3.05) is 6.61 Å². The van der Waals surface area contributed by atoms with E-state index < -0.39 is 5.60 Å². The number of ketones is 1. The monoisotopic (exact) mass is 261 g/mol. The Morgan fingerprint density at radius 3 is 2.58 bits per heavy atom. The highest BCUT2D eigenvalue weighted by atomic mass is 16.5. The van der Waals surface area contributed by atoms with Crippen LogP contribution in [0.3, 0.4) is 0 Å². The number of ether oxygens (including phenoxy) is 1. The fraction of sp³-hybridized carbons (Fsp3) is 0.625. The molecule has 3 nitrogen and oxygen atoms in total. The van der Waals surface area contributed by atoms with Crippen molar-refractivity contribution in [1.82, 2.24) is 4.98 Å². The average molecular weight is 261 g/mol. The van der Waals surface area contributed by atoms with Gasteiger partial charge in [0.25, 0.3) is 0 Å². The van der Waals surface area contributed by atoms with Gasteiger partial charge in [-0.05, 0) is 38.3 Å². The molecule has 0 aliphatic heterocycles. The summed E-state index contributed by atoms with van der Waals surface area (Å²) in [5.74, 6) is 0.127. The molecule has 0 aromatic carbocycles. The normalized spacial score (nSPS) is 18.8. The number of aromatic nitrogens is 1. The highest BCUT2D eigenvalue weighted by Gasteiger charge is 2.40. The Morgan fingerprint density at radius 1 is 1.32 bits per heavy atom. The van der Waals surface area contributed by atoms with Crippen molar-refractivity contribution >= 4 is 5.78 Å². The summed E-state index contributed by atoms with van der Waals surface area (Å²) in [4.78, 5) is 17.0. The predicted molar refractivity (Wildman–Crippen MR) is 75.4 cm³/mol.